The highest BCUT2D eigenvalue weighted by Gasteiger charge is 2.33. The summed E-state index contributed by atoms with van der Waals surface area (Å²) in [5.41, 5.74) is 3.48. The van der Waals surface area contributed by atoms with Gasteiger partial charge in [0.2, 0.25) is 5.91 Å². The lowest BCUT2D eigenvalue weighted by atomic mass is 9.87. The lowest BCUT2D eigenvalue weighted by Crippen LogP contribution is -2.28. The molecule has 1 atom stereocenters. The van der Waals surface area contributed by atoms with E-state index in [1.165, 1.54) is 0 Å². The summed E-state index contributed by atoms with van der Waals surface area (Å²) in [6.07, 6.45) is 5.34. The highest BCUT2D eigenvalue weighted by Crippen LogP contribution is 2.36. The maximum absolute atomic E-state index is 12.0. The fraction of sp³-hybridized carbons (Fsp3) is 0.385. The molecule has 5 heteroatoms. The van der Waals surface area contributed by atoms with Crippen molar-refractivity contribution < 1.29 is 9.59 Å². The minimum absolute atomic E-state index is 0.0572. The summed E-state index contributed by atoms with van der Waals surface area (Å²) in [7, 11) is 1.61. The number of hydrogen-bond acceptors (Lipinski definition) is 2. The monoisotopic (exact) mass is 245 g/mol. The van der Waals surface area contributed by atoms with Gasteiger partial charge in [-0.1, -0.05) is 6.08 Å². The van der Waals surface area contributed by atoms with Gasteiger partial charge in [0.1, 0.15) is 5.69 Å². The van der Waals surface area contributed by atoms with Crippen molar-refractivity contribution >= 4 is 17.9 Å². The van der Waals surface area contributed by atoms with Crippen molar-refractivity contribution in [2.45, 2.75) is 18.8 Å². The summed E-state index contributed by atoms with van der Waals surface area (Å²) in [5.74, 6) is -0.222. The molecule has 0 bridgehead atoms. The van der Waals surface area contributed by atoms with Crippen molar-refractivity contribution in [3.05, 3.63) is 28.6 Å². The van der Waals surface area contributed by atoms with Crippen molar-refractivity contribution in [2.75, 3.05) is 13.6 Å². The molecule has 3 N–H and O–H groups in total. The fourth-order valence-electron chi connectivity index (χ4n) is 2.79. The summed E-state index contributed by atoms with van der Waals surface area (Å²) in [6, 6.07) is 0. The van der Waals surface area contributed by atoms with Gasteiger partial charge in [-0.25, -0.2) is 0 Å². The van der Waals surface area contributed by atoms with Gasteiger partial charge in [0.25, 0.3) is 5.91 Å². The maximum atomic E-state index is 12.0. The summed E-state index contributed by atoms with van der Waals surface area (Å²) in [6.45, 7) is 0.587. The zero-order chi connectivity index (χ0) is 12.7. The number of amides is 2. The van der Waals surface area contributed by atoms with E-state index >= 15 is 0 Å². The van der Waals surface area contributed by atoms with E-state index in [2.05, 4.69) is 15.6 Å². The molecule has 0 aromatic carbocycles. The van der Waals surface area contributed by atoms with E-state index in [0.29, 0.717) is 25.1 Å². The Morgan fingerprint density at radius 3 is 3.11 bits per heavy atom. The number of carbonyl (C=O) groups excluding carboxylic acids is 2. The second-order valence-corrected chi connectivity index (χ2v) is 4.62. The Labute approximate surface area is 105 Å². The van der Waals surface area contributed by atoms with Crippen molar-refractivity contribution in [1.82, 2.24) is 15.6 Å². The molecule has 1 aliphatic heterocycles. The third-order valence-corrected chi connectivity index (χ3v) is 3.63. The molecule has 1 aromatic rings. The predicted molar refractivity (Wildman–Crippen MR) is 67.3 cm³/mol. The molecule has 0 saturated heterocycles. The number of allylic oxidation sites excluding steroid dienone is 1. The molecule has 3 rings (SSSR count). The van der Waals surface area contributed by atoms with Crippen molar-refractivity contribution in [1.29, 1.82) is 0 Å². The highest BCUT2D eigenvalue weighted by atomic mass is 16.2. The lowest BCUT2D eigenvalue weighted by Gasteiger charge is -2.16. The van der Waals surface area contributed by atoms with Crippen LogP contribution in [0, 0.1) is 0 Å². The van der Waals surface area contributed by atoms with Gasteiger partial charge < -0.3 is 15.6 Å². The standard InChI is InChI=1S/C13H15N3O2/c1-14-13(18)11-7-5-6-15-12(17)8-3-2-4-9(16-11)10(7)8/h2,4,8,16H,3,5-6H2,1H3,(H,14,18)(H,15,17). The first-order valence-electron chi connectivity index (χ1n) is 6.13. The van der Waals surface area contributed by atoms with Crippen LogP contribution in [0.25, 0.3) is 6.08 Å². The number of hydrogen-bond donors (Lipinski definition) is 3. The number of H-pyrrole nitrogens is 1. The molecule has 2 aliphatic rings. The molecular formula is C13H15N3O2. The van der Waals surface area contributed by atoms with Gasteiger partial charge in [-0.3, -0.25) is 9.59 Å². The van der Waals surface area contributed by atoms with Crippen LogP contribution in [0.1, 0.15) is 39.6 Å². The normalized spacial score (nSPS) is 20.9. The number of carbonyl (C=O) groups is 2. The first-order valence-corrected chi connectivity index (χ1v) is 6.13. The van der Waals surface area contributed by atoms with Gasteiger partial charge in [-0.15, -0.1) is 0 Å². The molecular weight excluding hydrogens is 230 g/mol. The van der Waals surface area contributed by atoms with Crippen molar-refractivity contribution in [2.24, 2.45) is 0 Å². The van der Waals surface area contributed by atoms with Crippen LogP contribution in [0.15, 0.2) is 6.08 Å². The average molecular weight is 245 g/mol. The minimum atomic E-state index is -0.155. The first-order chi connectivity index (χ1) is 8.72. The molecule has 0 spiro atoms. The number of aromatic nitrogens is 1. The molecule has 5 nitrogen and oxygen atoms in total. The van der Waals surface area contributed by atoms with Crippen LogP contribution >= 0.6 is 0 Å². The smallest absolute Gasteiger partial charge is 0.267 e. The predicted octanol–water partition coefficient (Wildman–Crippen LogP) is 0.547. The summed E-state index contributed by atoms with van der Waals surface area (Å²) in [5, 5.41) is 5.54. The van der Waals surface area contributed by atoms with Crippen LogP contribution in [0.2, 0.25) is 0 Å². The van der Waals surface area contributed by atoms with E-state index in [1.54, 1.807) is 7.05 Å². The molecule has 2 heterocycles. The summed E-state index contributed by atoms with van der Waals surface area (Å²) >= 11 is 0. The van der Waals surface area contributed by atoms with E-state index in [9.17, 15) is 9.59 Å². The second kappa shape index (κ2) is 4.01. The highest BCUT2D eigenvalue weighted by molar-refractivity contribution is 5.97. The number of nitrogens with one attached hydrogen (secondary N) is 3. The molecule has 0 fully saturated rings. The maximum Gasteiger partial charge on any atom is 0.267 e. The van der Waals surface area contributed by atoms with Gasteiger partial charge in [0, 0.05) is 19.3 Å². The Bertz CT molecular complexity index is 557. The van der Waals surface area contributed by atoms with E-state index in [0.717, 1.165) is 16.8 Å². The van der Waals surface area contributed by atoms with Gasteiger partial charge in [0.15, 0.2) is 0 Å². The topological polar surface area (TPSA) is 74.0 Å². The van der Waals surface area contributed by atoms with E-state index in [-0.39, 0.29) is 17.7 Å². The lowest BCUT2D eigenvalue weighted by molar-refractivity contribution is -0.122. The van der Waals surface area contributed by atoms with Gasteiger partial charge in [-0.05, 0) is 30.0 Å². The van der Waals surface area contributed by atoms with Crippen LogP contribution in [-0.2, 0) is 11.2 Å². The molecule has 94 valence electrons. The quantitative estimate of drug-likeness (QED) is 0.676. The fourth-order valence-corrected chi connectivity index (χ4v) is 2.79. The average Bonchev–Trinajstić information content (AvgIpc) is 2.67. The van der Waals surface area contributed by atoms with Crippen LogP contribution in [0.4, 0.5) is 0 Å². The van der Waals surface area contributed by atoms with E-state index in [1.807, 2.05) is 12.2 Å². The molecule has 1 unspecified atom stereocenters. The Morgan fingerprint density at radius 2 is 2.33 bits per heavy atom. The SMILES string of the molecule is CNC(=O)c1[nH]c2c3c1CCNC(=O)C3CC=C2. The Balaban J connectivity index is 2.19. The molecule has 0 radical (unpaired) electrons. The third-order valence-electron chi connectivity index (χ3n) is 3.63. The molecule has 1 aromatic heterocycles. The molecule has 2 amide bonds. The van der Waals surface area contributed by atoms with Gasteiger partial charge >= 0.3 is 0 Å². The van der Waals surface area contributed by atoms with Crippen LogP contribution < -0.4 is 10.6 Å². The van der Waals surface area contributed by atoms with Crippen LogP contribution in [-0.4, -0.2) is 30.4 Å². The van der Waals surface area contributed by atoms with Crippen molar-refractivity contribution in [3.63, 3.8) is 0 Å². The Hall–Kier alpha value is -2.04. The number of aromatic amines is 1. The summed E-state index contributed by atoms with van der Waals surface area (Å²) < 4.78 is 0. The summed E-state index contributed by atoms with van der Waals surface area (Å²) in [4.78, 5) is 27.0. The second-order valence-electron chi connectivity index (χ2n) is 4.62. The van der Waals surface area contributed by atoms with E-state index < -0.39 is 0 Å². The molecule has 0 saturated carbocycles. The van der Waals surface area contributed by atoms with Gasteiger partial charge in [-0.2, -0.15) is 0 Å². The van der Waals surface area contributed by atoms with E-state index in [4.69, 9.17) is 0 Å². The molecule has 18 heavy (non-hydrogen) atoms. The Kier molecular flexibility index (Phi) is 2.47. The molecule has 1 aliphatic carbocycles. The van der Waals surface area contributed by atoms with Crippen molar-refractivity contribution in [3.8, 4) is 0 Å². The van der Waals surface area contributed by atoms with Crippen LogP contribution in [0.3, 0.4) is 0 Å². The minimum Gasteiger partial charge on any atom is -0.355 e. The van der Waals surface area contributed by atoms with Crippen LogP contribution in [0.5, 0.6) is 0 Å². The third kappa shape index (κ3) is 1.47. The zero-order valence-electron chi connectivity index (χ0n) is 10.2. The first kappa shape index (κ1) is 11.1. The number of rotatable bonds is 1. The van der Waals surface area contributed by atoms with Gasteiger partial charge in [0.05, 0.1) is 5.92 Å². The largest absolute Gasteiger partial charge is 0.355 e. The Morgan fingerprint density at radius 1 is 1.50 bits per heavy atom. The zero-order valence-corrected chi connectivity index (χ0v) is 10.2.